The summed E-state index contributed by atoms with van der Waals surface area (Å²) in [6, 6.07) is 7.80. The summed E-state index contributed by atoms with van der Waals surface area (Å²) in [4.78, 5) is 11.2. The second kappa shape index (κ2) is 12.9. The van der Waals surface area contributed by atoms with Crippen LogP contribution in [0.2, 0.25) is 0 Å². The Labute approximate surface area is 118 Å². The molecule has 0 bridgehead atoms. The molecule has 1 aromatic carbocycles. The van der Waals surface area contributed by atoms with Crippen LogP contribution in [0.3, 0.4) is 0 Å². The first-order valence-electron chi connectivity index (χ1n) is 7.07. The molecule has 0 saturated carbocycles. The number of carbonyl (C=O) groups is 1. The van der Waals surface area contributed by atoms with Crippen LogP contribution < -0.4 is 5.32 Å². The van der Waals surface area contributed by atoms with Gasteiger partial charge in [-0.1, -0.05) is 53.7 Å². The Morgan fingerprint density at radius 2 is 1.58 bits per heavy atom. The standard InChI is InChI=1S/C12H17NO2.2C2H6/c1-9(2)12(14)15-8-10-4-6-11(13-3)7-5-10;2*1-2/h4-7,9,13H,8H2,1-3H3;2*1-2H3. The molecule has 110 valence electrons. The van der Waals surface area contributed by atoms with Gasteiger partial charge in [0.05, 0.1) is 5.92 Å². The third-order valence-corrected chi connectivity index (χ3v) is 2.10. The van der Waals surface area contributed by atoms with Crippen molar-refractivity contribution >= 4 is 11.7 Å². The molecule has 3 heteroatoms. The number of hydrogen-bond acceptors (Lipinski definition) is 3. The SMILES string of the molecule is CC.CC.CNc1ccc(COC(=O)C(C)C)cc1. The van der Waals surface area contributed by atoms with Gasteiger partial charge in [-0.25, -0.2) is 0 Å². The molecule has 0 saturated heterocycles. The maximum absolute atomic E-state index is 11.2. The Kier molecular flexibility index (Phi) is 13.5. The Balaban J connectivity index is 0. The third-order valence-electron chi connectivity index (χ3n) is 2.10. The van der Waals surface area contributed by atoms with Crippen molar-refractivity contribution in [2.24, 2.45) is 5.92 Å². The van der Waals surface area contributed by atoms with E-state index in [2.05, 4.69) is 5.32 Å². The molecule has 0 spiro atoms. The second-order valence-electron chi connectivity index (χ2n) is 3.71. The summed E-state index contributed by atoms with van der Waals surface area (Å²) in [5.41, 5.74) is 2.05. The fraction of sp³-hybridized carbons (Fsp3) is 0.562. The zero-order valence-electron chi connectivity index (χ0n) is 13.4. The third kappa shape index (κ3) is 9.11. The number of hydrogen-bond donors (Lipinski definition) is 1. The largest absolute Gasteiger partial charge is 0.461 e. The molecule has 0 aliphatic rings. The van der Waals surface area contributed by atoms with Gasteiger partial charge >= 0.3 is 5.97 Å². The number of ether oxygens (including phenoxy) is 1. The van der Waals surface area contributed by atoms with Crippen LogP contribution >= 0.6 is 0 Å². The number of esters is 1. The monoisotopic (exact) mass is 267 g/mol. The average molecular weight is 267 g/mol. The molecule has 0 unspecified atom stereocenters. The van der Waals surface area contributed by atoms with Crippen molar-refractivity contribution in [2.45, 2.75) is 48.1 Å². The maximum Gasteiger partial charge on any atom is 0.308 e. The highest BCUT2D eigenvalue weighted by Gasteiger charge is 2.07. The molecule has 0 atom stereocenters. The van der Waals surface area contributed by atoms with E-state index in [9.17, 15) is 4.79 Å². The van der Waals surface area contributed by atoms with E-state index in [0.717, 1.165) is 11.3 Å². The van der Waals surface area contributed by atoms with Gasteiger partial charge in [-0.15, -0.1) is 0 Å². The van der Waals surface area contributed by atoms with Crippen LogP contribution in [0.5, 0.6) is 0 Å². The molecule has 0 aromatic heterocycles. The Morgan fingerprint density at radius 3 is 1.95 bits per heavy atom. The fourth-order valence-corrected chi connectivity index (χ4v) is 1.09. The van der Waals surface area contributed by atoms with Gasteiger partial charge in [0, 0.05) is 12.7 Å². The molecule has 0 heterocycles. The predicted octanol–water partition coefficient (Wildman–Crippen LogP) is 4.48. The van der Waals surface area contributed by atoms with Gasteiger partial charge in [0.2, 0.25) is 0 Å². The summed E-state index contributed by atoms with van der Waals surface area (Å²) >= 11 is 0. The van der Waals surface area contributed by atoms with Crippen LogP contribution in [0.1, 0.15) is 47.1 Å². The van der Waals surface area contributed by atoms with Crippen LogP contribution in [0.4, 0.5) is 5.69 Å². The van der Waals surface area contributed by atoms with E-state index in [-0.39, 0.29) is 11.9 Å². The lowest BCUT2D eigenvalue weighted by atomic mass is 10.2. The lowest BCUT2D eigenvalue weighted by Crippen LogP contribution is -2.11. The van der Waals surface area contributed by atoms with Crippen molar-refractivity contribution in [1.82, 2.24) is 0 Å². The Bertz CT molecular complexity index is 318. The van der Waals surface area contributed by atoms with Gasteiger partial charge in [-0.2, -0.15) is 0 Å². The lowest BCUT2D eigenvalue weighted by molar-refractivity contribution is -0.148. The number of nitrogens with one attached hydrogen (secondary N) is 1. The zero-order valence-corrected chi connectivity index (χ0v) is 13.4. The van der Waals surface area contributed by atoms with E-state index in [1.165, 1.54) is 0 Å². The summed E-state index contributed by atoms with van der Waals surface area (Å²) in [5, 5.41) is 3.03. The maximum atomic E-state index is 11.2. The molecule has 0 aliphatic heterocycles. The molecular formula is C16H29NO2. The van der Waals surface area contributed by atoms with Crippen molar-refractivity contribution in [1.29, 1.82) is 0 Å². The van der Waals surface area contributed by atoms with Crippen molar-refractivity contribution in [3.63, 3.8) is 0 Å². The molecule has 0 amide bonds. The van der Waals surface area contributed by atoms with Crippen molar-refractivity contribution in [3.8, 4) is 0 Å². The number of benzene rings is 1. The van der Waals surface area contributed by atoms with Gasteiger partial charge in [-0.05, 0) is 17.7 Å². The molecule has 1 aromatic rings. The smallest absolute Gasteiger partial charge is 0.308 e. The normalized spacial score (nSPS) is 8.63. The summed E-state index contributed by atoms with van der Waals surface area (Å²) in [5.74, 6) is -0.228. The van der Waals surface area contributed by atoms with E-state index in [4.69, 9.17) is 4.74 Å². The molecule has 0 aliphatic carbocycles. The second-order valence-corrected chi connectivity index (χ2v) is 3.71. The summed E-state index contributed by atoms with van der Waals surface area (Å²) < 4.78 is 5.10. The van der Waals surface area contributed by atoms with Gasteiger partial charge in [0.15, 0.2) is 0 Å². The van der Waals surface area contributed by atoms with Crippen molar-refractivity contribution in [2.75, 3.05) is 12.4 Å². The lowest BCUT2D eigenvalue weighted by Gasteiger charge is -2.07. The minimum absolute atomic E-state index is 0.0680. The van der Waals surface area contributed by atoms with Crippen molar-refractivity contribution < 1.29 is 9.53 Å². The first-order valence-corrected chi connectivity index (χ1v) is 7.07. The molecule has 19 heavy (non-hydrogen) atoms. The first kappa shape index (κ1) is 19.8. The average Bonchev–Trinajstić information content (AvgIpc) is 2.49. The Hall–Kier alpha value is -1.51. The summed E-state index contributed by atoms with van der Waals surface area (Å²) in [7, 11) is 1.87. The van der Waals surface area contributed by atoms with E-state index in [1.807, 2.05) is 72.9 Å². The van der Waals surface area contributed by atoms with Crippen LogP contribution in [0.25, 0.3) is 0 Å². The molecular weight excluding hydrogens is 238 g/mol. The minimum Gasteiger partial charge on any atom is -0.461 e. The van der Waals surface area contributed by atoms with E-state index < -0.39 is 0 Å². The molecule has 1 N–H and O–H groups in total. The quantitative estimate of drug-likeness (QED) is 0.817. The minimum atomic E-state index is -0.160. The van der Waals surface area contributed by atoms with Gasteiger partial charge in [0.1, 0.15) is 6.61 Å². The van der Waals surface area contributed by atoms with Gasteiger partial charge in [-0.3, -0.25) is 4.79 Å². The Morgan fingerprint density at radius 1 is 1.11 bits per heavy atom. The van der Waals surface area contributed by atoms with Crippen molar-refractivity contribution in [3.05, 3.63) is 29.8 Å². The zero-order chi connectivity index (χ0) is 15.3. The molecule has 0 radical (unpaired) electrons. The van der Waals surface area contributed by atoms with E-state index in [0.29, 0.717) is 6.61 Å². The van der Waals surface area contributed by atoms with Crippen LogP contribution in [-0.2, 0) is 16.1 Å². The van der Waals surface area contributed by atoms with E-state index >= 15 is 0 Å². The van der Waals surface area contributed by atoms with Gasteiger partial charge in [0.25, 0.3) is 0 Å². The topological polar surface area (TPSA) is 38.3 Å². The first-order chi connectivity index (χ1) is 9.13. The van der Waals surface area contributed by atoms with Crippen LogP contribution in [0.15, 0.2) is 24.3 Å². The molecule has 1 rings (SSSR count). The fourth-order valence-electron chi connectivity index (χ4n) is 1.09. The highest BCUT2D eigenvalue weighted by molar-refractivity contribution is 5.71. The van der Waals surface area contributed by atoms with Gasteiger partial charge < -0.3 is 10.1 Å². The number of rotatable bonds is 4. The summed E-state index contributed by atoms with van der Waals surface area (Å²) in [6.07, 6.45) is 0. The van der Waals surface area contributed by atoms with Crippen LogP contribution in [-0.4, -0.2) is 13.0 Å². The highest BCUT2D eigenvalue weighted by Crippen LogP contribution is 2.10. The predicted molar refractivity (Wildman–Crippen MR) is 83.3 cm³/mol. The van der Waals surface area contributed by atoms with Crippen LogP contribution in [0, 0.1) is 5.92 Å². The molecule has 3 nitrogen and oxygen atoms in total. The highest BCUT2D eigenvalue weighted by atomic mass is 16.5. The molecule has 0 fully saturated rings. The summed E-state index contributed by atoms with van der Waals surface area (Å²) in [6.45, 7) is 12.0. The van der Waals surface area contributed by atoms with E-state index in [1.54, 1.807) is 0 Å². The number of anilines is 1. The number of carbonyl (C=O) groups excluding carboxylic acids is 1.